The van der Waals surface area contributed by atoms with E-state index in [-0.39, 0.29) is 5.91 Å². The maximum Gasteiger partial charge on any atom is 0.224 e. The van der Waals surface area contributed by atoms with Crippen LogP contribution in [0.15, 0.2) is 24.3 Å². The van der Waals surface area contributed by atoms with E-state index >= 15 is 0 Å². The molecule has 0 saturated heterocycles. The van der Waals surface area contributed by atoms with E-state index in [9.17, 15) is 4.79 Å². The molecular formula is C15H22N2O. The number of nitrogens with two attached hydrogens (primary N) is 1. The third-order valence-electron chi connectivity index (χ3n) is 3.93. The van der Waals surface area contributed by atoms with Gasteiger partial charge in [-0.2, -0.15) is 0 Å². The molecule has 1 aromatic rings. The summed E-state index contributed by atoms with van der Waals surface area (Å²) >= 11 is 0. The average molecular weight is 246 g/mol. The monoisotopic (exact) mass is 246 g/mol. The number of hydrogen-bond acceptors (Lipinski definition) is 2. The van der Waals surface area contributed by atoms with Crippen molar-refractivity contribution in [2.75, 3.05) is 0 Å². The predicted octanol–water partition coefficient (Wildman–Crippen LogP) is 1.99. The number of benzene rings is 1. The Balaban J connectivity index is 1.90. The molecular weight excluding hydrogens is 224 g/mol. The highest BCUT2D eigenvalue weighted by atomic mass is 16.1. The van der Waals surface area contributed by atoms with Crippen LogP contribution in [0.1, 0.15) is 37.3 Å². The lowest BCUT2D eigenvalue weighted by molar-refractivity contribution is -0.121. The molecule has 0 aliphatic heterocycles. The highest BCUT2D eigenvalue weighted by molar-refractivity contribution is 5.79. The molecule has 1 aliphatic rings. The third-order valence-corrected chi connectivity index (χ3v) is 3.93. The Labute approximate surface area is 109 Å². The van der Waals surface area contributed by atoms with Crippen LogP contribution in [0.4, 0.5) is 0 Å². The zero-order valence-electron chi connectivity index (χ0n) is 11.0. The van der Waals surface area contributed by atoms with Crippen molar-refractivity contribution >= 4 is 5.91 Å². The summed E-state index contributed by atoms with van der Waals surface area (Å²) in [4.78, 5) is 12.0. The molecule has 1 aliphatic carbocycles. The van der Waals surface area contributed by atoms with Gasteiger partial charge in [-0.05, 0) is 36.8 Å². The summed E-state index contributed by atoms with van der Waals surface area (Å²) < 4.78 is 0. The molecule has 0 heterocycles. The van der Waals surface area contributed by atoms with Gasteiger partial charge in [-0.15, -0.1) is 0 Å². The van der Waals surface area contributed by atoms with Crippen LogP contribution in [-0.4, -0.2) is 11.9 Å². The molecule has 98 valence electrons. The molecule has 2 rings (SSSR count). The summed E-state index contributed by atoms with van der Waals surface area (Å²) in [5.41, 5.74) is 7.77. The van der Waals surface area contributed by atoms with E-state index in [1.54, 1.807) is 0 Å². The lowest BCUT2D eigenvalue weighted by Gasteiger charge is -2.31. The zero-order chi connectivity index (χ0) is 13.0. The van der Waals surface area contributed by atoms with Crippen molar-refractivity contribution in [2.24, 2.45) is 11.7 Å². The van der Waals surface area contributed by atoms with Crippen LogP contribution in [0.5, 0.6) is 0 Å². The summed E-state index contributed by atoms with van der Waals surface area (Å²) in [5, 5.41) is 3.10. The number of amides is 1. The Morgan fingerprint density at radius 2 is 2.06 bits per heavy atom. The Hall–Kier alpha value is -1.35. The second-order valence-electron chi connectivity index (χ2n) is 5.20. The van der Waals surface area contributed by atoms with Gasteiger partial charge in [0.25, 0.3) is 0 Å². The fourth-order valence-corrected chi connectivity index (χ4v) is 2.46. The lowest BCUT2D eigenvalue weighted by Crippen LogP contribution is -2.41. The van der Waals surface area contributed by atoms with Crippen molar-refractivity contribution in [2.45, 2.75) is 45.2 Å². The molecule has 1 atom stereocenters. The van der Waals surface area contributed by atoms with Crippen LogP contribution < -0.4 is 11.1 Å². The van der Waals surface area contributed by atoms with Crippen LogP contribution in [0.3, 0.4) is 0 Å². The number of nitrogens with one attached hydrogen (secondary N) is 1. The Bertz CT molecular complexity index is 413. The first-order chi connectivity index (χ1) is 8.70. The predicted molar refractivity (Wildman–Crippen MR) is 73.0 cm³/mol. The molecule has 1 amide bonds. The summed E-state index contributed by atoms with van der Waals surface area (Å²) in [6.07, 6.45) is 4.24. The maximum atomic E-state index is 12.0. The summed E-state index contributed by atoms with van der Waals surface area (Å²) in [7, 11) is 0. The van der Waals surface area contributed by atoms with Crippen LogP contribution in [0.2, 0.25) is 0 Å². The fourth-order valence-electron chi connectivity index (χ4n) is 2.46. The minimum atomic E-state index is 0.107. The molecule has 0 bridgehead atoms. The standard InChI is InChI=1S/C15H22N2O/c1-11(12-7-4-8-12)17-15(18)9-13-5-2-3-6-14(13)10-16/h2-3,5-6,11-12H,4,7-10,16H2,1H3,(H,17,18). The van der Waals surface area contributed by atoms with E-state index in [1.807, 2.05) is 24.3 Å². The summed E-state index contributed by atoms with van der Waals surface area (Å²) in [6, 6.07) is 8.18. The summed E-state index contributed by atoms with van der Waals surface area (Å²) in [5.74, 6) is 0.786. The Morgan fingerprint density at radius 3 is 2.61 bits per heavy atom. The van der Waals surface area contributed by atoms with Gasteiger partial charge in [0.15, 0.2) is 0 Å². The van der Waals surface area contributed by atoms with E-state index in [1.165, 1.54) is 19.3 Å². The topological polar surface area (TPSA) is 55.1 Å². The van der Waals surface area contributed by atoms with Gasteiger partial charge in [-0.25, -0.2) is 0 Å². The molecule has 0 spiro atoms. The second kappa shape index (κ2) is 6.01. The summed E-state index contributed by atoms with van der Waals surface area (Å²) in [6.45, 7) is 2.60. The molecule has 18 heavy (non-hydrogen) atoms. The minimum Gasteiger partial charge on any atom is -0.353 e. The van der Waals surface area contributed by atoms with E-state index in [0.29, 0.717) is 24.9 Å². The van der Waals surface area contributed by atoms with Crippen molar-refractivity contribution < 1.29 is 4.79 Å². The molecule has 3 N–H and O–H groups in total. The second-order valence-corrected chi connectivity index (χ2v) is 5.20. The molecule has 3 nitrogen and oxygen atoms in total. The van der Waals surface area contributed by atoms with Crippen LogP contribution in [0, 0.1) is 5.92 Å². The highest BCUT2D eigenvalue weighted by Gasteiger charge is 2.24. The first-order valence-corrected chi connectivity index (χ1v) is 6.77. The molecule has 1 aromatic carbocycles. The highest BCUT2D eigenvalue weighted by Crippen LogP contribution is 2.29. The van der Waals surface area contributed by atoms with Gasteiger partial charge in [0.2, 0.25) is 5.91 Å². The van der Waals surface area contributed by atoms with E-state index in [2.05, 4.69) is 12.2 Å². The smallest absolute Gasteiger partial charge is 0.224 e. The Kier molecular flexibility index (Phi) is 4.37. The first-order valence-electron chi connectivity index (χ1n) is 6.77. The maximum absolute atomic E-state index is 12.0. The number of rotatable bonds is 5. The van der Waals surface area contributed by atoms with Gasteiger partial charge in [-0.3, -0.25) is 4.79 Å². The molecule has 1 unspecified atom stereocenters. The molecule has 3 heteroatoms. The van der Waals surface area contributed by atoms with Gasteiger partial charge in [0, 0.05) is 12.6 Å². The fraction of sp³-hybridized carbons (Fsp3) is 0.533. The average Bonchev–Trinajstić information content (AvgIpc) is 2.27. The number of carbonyl (C=O) groups excluding carboxylic acids is 1. The SMILES string of the molecule is CC(NC(=O)Cc1ccccc1CN)C1CCC1. The van der Waals surface area contributed by atoms with Crippen molar-refractivity contribution in [3.05, 3.63) is 35.4 Å². The quantitative estimate of drug-likeness (QED) is 0.835. The van der Waals surface area contributed by atoms with E-state index in [4.69, 9.17) is 5.73 Å². The largest absolute Gasteiger partial charge is 0.353 e. The van der Waals surface area contributed by atoms with Crippen LogP contribution in [0.25, 0.3) is 0 Å². The minimum absolute atomic E-state index is 0.107. The van der Waals surface area contributed by atoms with Crippen molar-refractivity contribution in [1.29, 1.82) is 0 Å². The molecule has 0 aromatic heterocycles. The van der Waals surface area contributed by atoms with Crippen molar-refractivity contribution in [3.63, 3.8) is 0 Å². The normalized spacial score (nSPS) is 17.0. The molecule has 0 radical (unpaired) electrons. The first kappa shape index (κ1) is 13.1. The van der Waals surface area contributed by atoms with E-state index in [0.717, 1.165) is 11.1 Å². The number of hydrogen-bond donors (Lipinski definition) is 2. The van der Waals surface area contributed by atoms with Gasteiger partial charge in [-0.1, -0.05) is 30.7 Å². The van der Waals surface area contributed by atoms with Gasteiger partial charge >= 0.3 is 0 Å². The number of carbonyl (C=O) groups is 1. The van der Waals surface area contributed by atoms with E-state index < -0.39 is 0 Å². The van der Waals surface area contributed by atoms with Crippen molar-refractivity contribution in [3.8, 4) is 0 Å². The van der Waals surface area contributed by atoms with Crippen LogP contribution >= 0.6 is 0 Å². The van der Waals surface area contributed by atoms with Gasteiger partial charge in [0.1, 0.15) is 0 Å². The van der Waals surface area contributed by atoms with Crippen molar-refractivity contribution in [1.82, 2.24) is 5.32 Å². The molecule has 1 fully saturated rings. The zero-order valence-corrected chi connectivity index (χ0v) is 11.0. The van der Waals surface area contributed by atoms with Gasteiger partial charge in [0.05, 0.1) is 6.42 Å². The van der Waals surface area contributed by atoms with Gasteiger partial charge < -0.3 is 11.1 Å². The van der Waals surface area contributed by atoms with Crippen LogP contribution in [-0.2, 0) is 17.8 Å². The lowest BCUT2D eigenvalue weighted by atomic mass is 9.80. The third kappa shape index (κ3) is 3.10. The Morgan fingerprint density at radius 1 is 1.39 bits per heavy atom. The molecule has 1 saturated carbocycles.